The van der Waals surface area contributed by atoms with Crippen LogP contribution in [0.5, 0.6) is 0 Å². The standard InChI is InChI=1S/C12H26ClN/c1-5-12(4,8-9-13)14-10-6-7-11(2)3/h11,14H,5-10H2,1-4H3. The van der Waals surface area contributed by atoms with Gasteiger partial charge >= 0.3 is 0 Å². The van der Waals surface area contributed by atoms with Crippen LogP contribution in [0.3, 0.4) is 0 Å². The molecule has 1 atom stereocenters. The Bertz CT molecular complexity index is 136. The Labute approximate surface area is 94.6 Å². The van der Waals surface area contributed by atoms with Gasteiger partial charge in [0.2, 0.25) is 0 Å². The van der Waals surface area contributed by atoms with Crippen LogP contribution >= 0.6 is 11.6 Å². The van der Waals surface area contributed by atoms with Crippen LogP contribution in [0.25, 0.3) is 0 Å². The Kier molecular flexibility index (Phi) is 7.66. The van der Waals surface area contributed by atoms with Gasteiger partial charge in [0.15, 0.2) is 0 Å². The van der Waals surface area contributed by atoms with E-state index in [1.54, 1.807) is 0 Å². The van der Waals surface area contributed by atoms with Crippen molar-refractivity contribution in [3.63, 3.8) is 0 Å². The predicted molar refractivity (Wildman–Crippen MR) is 66.1 cm³/mol. The van der Waals surface area contributed by atoms with Crippen LogP contribution in [-0.4, -0.2) is 18.0 Å². The van der Waals surface area contributed by atoms with Crippen molar-refractivity contribution < 1.29 is 0 Å². The lowest BCUT2D eigenvalue weighted by atomic mass is 9.95. The molecule has 0 aliphatic rings. The molecular formula is C12H26ClN. The minimum atomic E-state index is 0.249. The highest BCUT2D eigenvalue weighted by Crippen LogP contribution is 2.15. The van der Waals surface area contributed by atoms with Crippen LogP contribution in [0, 0.1) is 5.92 Å². The zero-order valence-electron chi connectivity index (χ0n) is 10.2. The molecule has 0 radical (unpaired) electrons. The Morgan fingerprint density at radius 2 is 2.00 bits per heavy atom. The molecule has 1 N–H and O–H groups in total. The molecule has 86 valence electrons. The third-order valence-corrected chi connectivity index (χ3v) is 3.13. The van der Waals surface area contributed by atoms with Gasteiger partial charge in [0.1, 0.15) is 0 Å². The number of rotatable bonds is 8. The van der Waals surface area contributed by atoms with Gasteiger partial charge < -0.3 is 5.32 Å². The largest absolute Gasteiger partial charge is 0.311 e. The van der Waals surface area contributed by atoms with Crippen molar-refractivity contribution in [3.05, 3.63) is 0 Å². The molecule has 14 heavy (non-hydrogen) atoms. The molecule has 0 aromatic carbocycles. The van der Waals surface area contributed by atoms with Gasteiger partial charge in [-0.15, -0.1) is 11.6 Å². The minimum absolute atomic E-state index is 0.249. The third kappa shape index (κ3) is 6.67. The average molecular weight is 220 g/mol. The van der Waals surface area contributed by atoms with E-state index >= 15 is 0 Å². The zero-order chi connectivity index (χ0) is 11.0. The van der Waals surface area contributed by atoms with E-state index in [0.29, 0.717) is 0 Å². The summed E-state index contributed by atoms with van der Waals surface area (Å²) in [6.45, 7) is 10.2. The van der Waals surface area contributed by atoms with E-state index in [0.717, 1.165) is 31.2 Å². The molecule has 2 heteroatoms. The molecule has 0 aromatic rings. The summed E-state index contributed by atoms with van der Waals surface area (Å²) >= 11 is 5.79. The third-order valence-electron chi connectivity index (χ3n) is 2.94. The average Bonchev–Trinajstić information content (AvgIpc) is 2.13. The zero-order valence-corrected chi connectivity index (χ0v) is 11.0. The highest BCUT2D eigenvalue weighted by atomic mass is 35.5. The predicted octanol–water partition coefficient (Wildman–Crippen LogP) is 3.81. The summed E-state index contributed by atoms with van der Waals surface area (Å²) in [6, 6.07) is 0. The number of hydrogen-bond acceptors (Lipinski definition) is 1. The second-order valence-corrected chi connectivity index (χ2v) is 5.19. The first-order valence-electron chi connectivity index (χ1n) is 5.85. The van der Waals surface area contributed by atoms with E-state index in [9.17, 15) is 0 Å². The Hall–Kier alpha value is 0.250. The molecule has 0 aromatic heterocycles. The van der Waals surface area contributed by atoms with Gasteiger partial charge in [-0.1, -0.05) is 20.8 Å². The number of hydrogen-bond donors (Lipinski definition) is 1. The van der Waals surface area contributed by atoms with Crippen LogP contribution in [0.4, 0.5) is 0 Å². The topological polar surface area (TPSA) is 12.0 Å². The lowest BCUT2D eigenvalue weighted by Crippen LogP contribution is -2.42. The van der Waals surface area contributed by atoms with Crippen LogP contribution in [0.1, 0.15) is 53.4 Å². The normalized spacial score (nSPS) is 15.9. The molecule has 0 aliphatic carbocycles. The summed E-state index contributed by atoms with van der Waals surface area (Å²) in [5.74, 6) is 1.57. The van der Waals surface area contributed by atoms with Crippen molar-refractivity contribution in [2.24, 2.45) is 5.92 Å². The van der Waals surface area contributed by atoms with Crippen LogP contribution in [-0.2, 0) is 0 Å². The van der Waals surface area contributed by atoms with Gasteiger partial charge in [-0.05, 0) is 45.1 Å². The van der Waals surface area contributed by atoms with Crippen LogP contribution in [0.15, 0.2) is 0 Å². The molecule has 0 amide bonds. The van der Waals surface area contributed by atoms with E-state index in [-0.39, 0.29) is 5.54 Å². The van der Waals surface area contributed by atoms with E-state index in [4.69, 9.17) is 11.6 Å². The maximum atomic E-state index is 5.79. The molecule has 0 saturated heterocycles. The molecule has 0 bridgehead atoms. The molecule has 0 heterocycles. The lowest BCUT2D eigenvalue weighted by molar-refractivity contribution is 0.326. The number of halogens is 1. The van der Waals surface area contributed by atoms with Gasteiger partial charge in [0, 0.05) is 11.4 Å². The first kappa shape index (κ1) is 14.2. The van der Waals surface area contributed by atoms with Gasteiger partial charge in [-0.2, -0.15) is 0 Å². The monoisotopic (exact) mass is 219 g/mol. The molecule has 0 rings (SSSR count). The molecule has 0 spiro atoms. The molecule has 1 nitrogen and oxygen atoms in total. The van der Waals surface area contributed by atoms with Crippen molar-refractivity contribution in [2.45, 2.75) is 58.9 Å². The fraction of sp³-hybridized carbons (Fsp3) is 1.00. The maximum Gasteiger partial charge on any atom is 0.0240 e. The van der Waals surface area contributed by atoms with Crippen LogP contribution < -0.4 is 5.32 Å². The second-order valence-electron chi connectivity index (χ2n) is 4.82. The Balaban J connectivity index is 3.61. The summed E-state index contributed by atoms with van der Waals surface area (Å²) in [6.07, 6.45) is 4.80. The molecule has 1 unspecified atom stereocenters. The van der Waals surface area contributed by atoms with E-state index in [1.165, 1.54) is 12.8 Å². The van der Waals surface area contributed by atoms with Crippen molar-refractivity contribution in [3.8, 4) is 0 Å². The van der Waals surface area contributed by atoms with E-state index in [2.05, 4.69) is 33.0 Å². The van der Waals surface area contributed by atoms with Gasteiger partial charge in [-0.25, -0.2) is 0 Å². The van der Waals surface area contributed by atoms with Crippen molar-refractivity contribution in [1.82, 2.24) is 5.32 Å². The van der Waals surface area contributed by atoms with E-state index < -0.39 is 0 Å². The van der Waals surface area contributed by atoms with Crippen molar-refractivity contribution in [2.75, 3.05) is 12.4 Å². The summed E-state index contributed by atoms with van der Waals surface area (Å²) in [5, 5.41) is 3.62. The summed E-state index contributed by atoms with van der Waals surface area (Å²) in [4.78, 5) is 0. The number of nitrogens with one attached hydrogen (secondary N) is 1. The lowest BCUT2D eigenvalue weighted by Gasteiger charge is -2.29. The second kappa shape index (κ2) is 7.53. The van der Waals surface area contributed by atoms with Crippen LogP contribution in [0.2, 0.25) is 0 Å². The number of alkyl halides is 1. The molecule has 0 fully saturated rings. The Morgan fingerprint density at radius 3 is 2.43 bits per heavy atom. The quantitative estimate of drug-likeness (QED) is 0.484. The fourth-order valence-corrected chi connectivity index (χ4v) is 1.92. The SMILES string of the molecule is CCC(C)(CCCl)NCCCC(C)C. The first-order valence-corrected chi connectivity index (χ1v) is 6.38. The van der Waals surface area contributed by atoms with E-state index in [1.807, 2.05) is 0 Å². The summed E-state index contributed by atoms with van der Waals surface area (Å²) in [7, 11) is 0. The van der Waals surface area contributed by atoms with Gasteiger partial charge in [-0.3, -0.25) is 0 Å². The summed E-state index contributed by atoms with van der Waals surface area (Å²) < 4.78 is 0. The van der Waals surface area contributed by atoms with Crippen molar-refractivity contribution in [1.29, 1.82) is 0 Å². The van der Waals surface area contributed by atoms with Crippen molar-refractivity contribution >= 4 is 11.6 Å². The molecular weight excluding hydrogens is 194 g/mol. The van der Waals surface area contributed by atoms with Gasteiger partial charge in [0.05, 0.1) is 0 Å². The first-order chi connectivity index (χ1) is 6.54. The highest BCUT2D eigenvalue weighted by Gasteiger charge is 2.19. The maximum absolute atomic E-state index is 5.79. The fourth-order valence-electron chi connectivity index (χ4n) is 1.50. The summed E-state index contributed by atoms with van der Waals surface area (Å²) in [5.41, 5.74) is 0.249. The Morgan fingerprint density at radius 1 is 1.36 bits per heavy atom. The highest BCUT2D eigenvalue weighted by molar-refractivity contribution is 6.17. The smallest absolute Gasteiger partial charge is 0.0240 e. The molecule has 0 saturated carbocycles. The molecule has 0 aliphatic heterocycles. The minimum Gasteiger partial charge on any atom is -0.311 e. The van der Waals surface area contributed by atoms with Gasteiger partial charge in [0.25, 0.3) is 0 Å².